The fourth-order valence-corrected chi connectivity index (χ4v) is 4.47. The summed E-state index contributed by atoms with van der Waals surface area (Å²) in [5.41, 5.74) is 1.26. The molecule has 0 radical (unpaired) electrons. The highest BCUT2D eigenvalue weighted by Crippen LogP contribution is 2.34. The van der Waals surface area contributed by atoms with Gasteiger partial charge in [-0.2, -0.15) is 0 Å². The van der Waals surface area contributed by atoms with Crippen LogP contribution in [0.1, 0.15) is 62.6 Å². The van der Waals surface area contributed by atoms with Crippen LogP contribution >= 0.6 is 0 Å². The second-order valence-electron chi connectivity index (χ2n) is 7.56. The van der Waals surface area contributed by atoms with E-state index in [1.165, 1.54) is 19.6 Å². The Morgan fingerprint density at radius 3 is 2.56 bits per heavy atom. The van der Waals surface area contributed by atoms with Crippen molar-refractivity contribution in [2.75, 3.05) is 13.7 Å². The summed E-state index contributed by atoms with van der Waals surface area (Å²) in [7, 11) is 1.36. The van der Waals surface area contributed by atoms with Crippen molar-refractivity contribution in [2.24, 2.45) is 0 Å². The van der Waals surface area contributed by atoms with Crippen LogP contribution in [0, 0.1) is 0 Å². The van der Waals surface area contributed by atoms with E-state index in [2.05, 4.69) is 11.4 Å². The standard InChI is InChI=1S/C21H28N2O4/c1-15(24)23-13-10-16-8-4-5-9-17(16)18(23)14-19(25)22-21(20(26)27-2)11-6-3-7-12-21/h4-5,8-9,18H,3,6-7,10-14H2,1-2H3,(H,22,25). The molecule has 6 nitrogen and oxygen atoms in total. The number of amides is 2. The molecule has 146 valence electrons. The van der Waals surface area contributed by atoms with E-state index in [0.717, 1.165) is 31.2 Å². The third-order valence-corrected chi connectivity index (χ3v) is 5.86. The van der Waals surface area contributed by atoms with E-state index in [1.807, 2.05) is 18.2 Å². The van der Waals surface area contributed by atoms with Crippen molar-refractivity contribution in [3.63, 3.8) is 0 Å². The normalized spacial score (nSPS) is 21.1. The van der Waals surface area contributed by atoms with Gasteiger partial charge in [0.25, 0.3) is 0 Å². The minimum Gasteiger partial charge on any atom is -0.467 e. The van der Waals surface area contributed by atoms with Gasteiger partial charge in [-0.15, -0.1) is 0 Å². The third kappa shape index (κ3) is 3.99. The molecule has 1 atom stereocenters. The number of hydrogen-bond acceptors (Lipinski definition) is 4. The average Bonchev–Trinajstić information content (AvgIpc) is 2.68. The van der Waals surface area contributed by atoms with Crippen LogP contribution in [0.25, 0.3) is 0 Å². The maximum atomic E-state index is 12.9. The Morgan fingerprint density at radius 2 is 1.89 bits per heavy atom. The first kappa shape index (κ1) is 19.4. The van der Waals surface area contributed by atoms with E-state index in [-0.39, 0.29) is 30.2 Å². The summed E-state index contributed by atoms with van der Waals surface area (Å²) < 4.78 is 4.98. The number of carbonyl (C=O) groups is 3. The number of hydrogen-bond donors (Lipinski definition) is 1. The zero-order valence-corrected chi connectivity index (χ0v) is 16.1. The lowest BCUT2D eigenvalue weighted by atomic mass is 9.81. The van der Waals surface area contributed by atoms with Crippen molar-refractivity contribution in [1.29, 1.82) is 0 Å². The highest BCUT2D eigenvalue weighted by molar-refractivity contribution is 5.88. The summed E-state index contributed by atoms with van der Waals surface area (Å²) in [6.45, 7) is 2.14. The van der Waals surface area contributed by atoms with E-state index in [9.17, 15) is 14.4 Å². The molecule has 1 aliphatic heterocycles. The van der Waals surface area contributed by atoms with Gasteiger partial charge in [0.05, 0.1) is 19.6 Å². The van der Waals surface area contributed by atoms with Crippen LogP contribution in [0.2, 0.25) is 0 Å². The number of nitrogens with one attached hydrogen (secondary N) is 1. The lowest BCUT2D eigenvalue weighted by Crippen LogP contribution is -2.56. The molecule has 1 heterocycles. The molecule has 0 bridgehead atoms. The molecule has 1 aromatic carbocycles. The fourth-order valence-electron chi connectivity index (χ4n) is 4.47. The zero-order chi connectivity index (χ0) is 19.4. The summed E-state index contributed by atoms with van der Waals surface area (Å²) in [6.07, 6.45) is 4.98. The largest absolute Gasteiger partial charge is 0.467 e. The molecule has 0 spiro atoms. The number of ether oxygens (including phenoxy) is 1. The van der Waals surface area contributed by atoms with Gasteiger partial charge in [0.1, 0.15) is 5.54 Å². The number of rotatable bonds is 4. The first-order chi connectivity index (χ1) is 13.0. The maximum Gasteiger partial charge on any atom is 0.331 e. The molecular formula is C21H28N2O4. The van der Waals surface area contributed by atoms with Gasteiger partial charge in [-0.05, 0) is 30.4 Å². The van der Waals surface area contributed by atoms with E-state index < -0.39 is 5.54 Å². The van der Waals surface area contributed by atoms with Gasteiger partial charge in [-0.3, -0.25) is 9.59 Å². The third-order valence-electron chi connectivity index (χ3n) is 5.86. The SMILES string of the molecule is COC(=O)C1(NC(=O)CC2c3ccccc3CCN2C(C)=O)CCCCC1. The smallest absolute Gasteiger partial charge is 0.331 e. The van der Waals surface area contributed by atoms with Crippen molar-refractivity contribution in [2.45, 2.75) is 63.5 Å². The Hall–Kier alpha value is -2.37. The fraction of sp³-hybridized carbons (Fsp3) is 0.571. The van der Waals surface area contributed by atoms with Gasteiger partial charge >= 0.3 is 5.97 Å². The number of methoxy groups -OCH3 is 1. The van der Waals surface area contributed by atoms with Gasteiger partial charge in [-0.25, -0.2) is 4.79 Å². The van der Waals surface area contributed by atoms with Crippen LogP contribution in [0.15, 0.2) is 24.3 Å². The summed E-state index contributed by atoms with van der Waals surface area (Å²) in [5, 5.41) is 2.97. The Bertz CT molecular complexity index is 725. The Labute approximate surface area is 160 Å². The molecule has 0 aromatic heterocycles. The minimum absolute atomic E-state index is 0.0392. The first-order valence-electron chi connectivity index (χ1n) is 9.71. The molecule has 1 fully saturated rings. The molecule has 0 saturated heterocycles. The lowest BCUT2D eigenvalue weighted by Gasteiger charge is -2.38. The van der Waals surface area contributed by atoms with E-state index in [0.29, 0.717) is 19.4 Å². The number of benzene rings is 1. The van der Waals surface area contributed by atoms with Crippen LogP contribution in [-0.4, -0.2) is 41.9 Å². The molecule has 6 heteroatoms. The number of nitrogens with zero attached hydrogens (tertiary/aromatic N) is 1. The molecular weight excluding hydrogens is 344 g/mol. The summed E-state index contributed by atoms with van der Waals surface area (Å²) in [6, 6.07) is 7.65. The van der Waals surface area contributed by atoms with Gasteiger partial charge < -0.3 is 15.0 Å². The molecule has 1 unspecified atom stereocenters. The molecule has 1 saturated carbocycles. The lowest BCUT2D eigenvalue weighted by molar-refractivity contribution is -0.153. The first-order valence-corrected chi connectivity index (χ1v) is 9.71. The van der Waals surface area contributed by atoms with Crippen LogP contribution in [-0.2, 0) is 25.5 Å². The Kier molecular flexibility index (Phi) is 5.82. The van der Waals surface area contributed by atoms with E-state index >= 15 is 0 Å². The predicted octanol–water partition coefficient (Wildman–Crippen LogP) is 2.51. The monoisotopic (exact) mass is 372 g/mol. The summed E-state index contributed by atoms with van der Waals surface area (Å²) in [4.78, 5) is 39.2. The molecule has 1 aliphatic carbocycles. The van der Waals surface area contributed by atoms with Crippen molar-refractivity contribution in [3.05, 3.63) is 35.4 Å². The molecule has 27 heavy (non-hydrogen) atoms. The van der Waals surface area contributed by atoms with Gasteiger partial charge in [0.15, 0.2) is 0 Å². The Morgan fingerprint density at radius 1 is 1.19 bits per heavy atom. The minimum atomic E-state index is -0.931. The quantitative estimate of drug-likeness (QED) is 0.824. The van der Waals surface area contributed by atoms with Crippen molar-refractivity contribution in [1.82, 2.24) is 10.2 Å². The molecule has 2 amide bonds. The zero-order valence-electron chi connectivity index (χ0n) is 16.1. The highest BCUT2D eigenvalue weighted by atomic mass is 16.5. The van der Waals surface area contributed by atoms with Gasteiger partial charge in [-0.1, -0.05) is 43.5 Å². The molecule has 1 N–H and O–H groups in total. The van der Waals surface area contributed by atoms with Crippen molar-refractivity contribution < 1.29 is 19.1 Å². The predicted molar refractivity (Wildman–Crippen MR) is 101 cm³/mol. The van der Waals surface area contributed by atoms with Crippen molar-refractivity contribution >= 4 is 17.8 Å². The van der Waals surface area contributed by atoms with E-state index in [1.54, 1.807) is 4.90 Å². The van der Waals surface area contributed by atoms with Gasteiger partial charge in [0, 0.05) is 13.5 Å². The second-order valence-corrected chi connectivity index (χ2v) is 7.56. The van der Waals surface area contributed by atoms with Crippen LogP contribution in [0.3, 0.4) is 0 Å². The topological polar surface area (TPSA) is 75.7 Å². The molecule has 2 aliphatic rings. The summed E-state index contributed by atoms with van der Waals surface area (Å²) >= 11 is 0. The van der Waals surface area contributed by atoms with Crippen LogP contribution < -0.4 is 5.32 Å². The van der Waals surface area contributed by atoms with E-state index in [4.69, 9.17) is 4.74 Å². The van der Waals surface area contributed by atoms with Crippen LogP contribution in [0.5, 0.6) is 0 Å². The maximum absolute atomic E-state index is 12.9. The van der Waals surface area contributed by atoms with Gasteiger partial charge in [0.2, 0.25) is 11.8 Å². The second kappa shape index (κ2) is 8.11. The molecule has 1 aromatic rings. The van der Waals surface area contributed by atoms with Crippen LogP contribution in [0.4, 0.5) is 0 Å². The average molecular weight is 372 g/mol. The number of fused-ring (bicyclic) bond motifs is 1. The highest BCUT2D eigenvalue weighted by Gasteiger charge is 2.42. The molecule has 3 rings (SSSR count). The summed E-state index contributed by atoms with van der Waals surface area (Å²) in [5.74, 6) is -0.624. The van der Waals surface area contributed by atoms with Crippen molar-refractivity contribution in [3.8, 4) is 0 Å². The number of esters is 1. The Balaban J connectivity index is 1.80. The number of carbonyl (C=O) groups excluding carboxylic acids is 3.